The van der Waals surface area contributed by atoms with Crippen molar-refractivity contribution in [2.24, 2.45) is 5.14 Å². The third-order valence-electron chi connectivity index (χ3n) is 2.62. The van der Waals surface area contributed by atoms with E-state index in [0.717, 1.165) is 30.3 Å². The normalized spacial score (nSPS) is 12.1. The zero-order valence-corrected chi connectivity index (χ0v) is 12.5. The molecule has 0 saturated heterocycles. The minimum absolute atomic E-state index is 0.0314. The summed E-state index contributed by atoms with van der Waals surface area (Å²) in [6, 6.07) is 6.44. The summed E-state index contributed by atoms with van der Waals surface area (Å²) in [5.74, 6) is -2.03. The first-order chi connectivity index (χ1) is 10.1. The molecule has 0 bridgehead atoms. The minimum Gasteiger partial charge on any atom is -0.280 e. The standard InChI is InChI=1S/C12H10F2N2O4S2/c13-8-1-6-11(14)12(7-8)22(19,20)16-9-2-4-10(5-3-9)21(15,17)18/h1-7,16H,(H2,15,17,18). The summed E-state index contributed by atoms with van der Waals surface area (Å²) in [6.45, 7) is 0. The molecule has 10 heteroatoms. The summed E-state index contributed by atoms with van der Waals surface area (Å²) in [5, 5.41) is 4.90. The quantitative estimate of drug-likeness (QED) is 0.871. The van der Waals surface area contributed by atoms with Crippen LogP contribution in [0, 0.1) is 11.6 Å². The molecule has 6 nitrogen and oxygen atoms in total. The lowest BCUT2D eigenvalue weighted by Crippen LogP contribution is -2.15. The number of benzene rings is 2. The highest BCUT2D eigenvalue weighted by atomic mass is 32.2. The zero-order valence-electron chi connectivity index (χ0n) is 10.8. The van der Waals surface area contributed by atoms with E-state index in [1.165, 1.54) is 0 Å². The van der Waals surface area contributed by atoms with Crippen molar-refractivity contribution in [2.75, 3.05) is 4.72 Å². The van der Waals surface area contributed by atoms with Crippen LogP contribution >= 0.6 is 0 Å². The molecule has 0 spiro atoms. The third-order valence-corrected chi connectivity index (χ3v) is 4.94. The number of sulfonamides is 2. The molecule has 2 aromatic rings. The summed E-state index contributed by atoms with van der Waals surface area (Å²) in [6.07, 6.45) is 0. The van der Waals surface area contributed by atoms with Crippen molar-refractivity contribution in [3.05, 3.63) is 54.1 Å². The average molecular weight is 348 g/mol. The van der Waals surface area contributed by atoms with Gasteiger partial charge in [0.2, 0.25) is 10.0 Å². The number of anilines is 1. The van der Waals surface area contributed by atoms with Gasteiger partial charge >= 0.3 is 0 Å². The monoisotopic (exact) mass is 348 g/mol. The van der Waals surface area contributed by atoms with Gasteiger partial charge in [0, 0.05) is 5.69 Å². The van der Waals surface area contributed by atoms with Crippen LogP contribution in [0.5, 0.6) is 0 Å². The molecule has 22 heavy (non-hydrogen) atoms. The second-order valence-corrected chi connectivity index (χ2v) is 7.46. The van der Waals surface area contributed by atoms with Gasteiger partial charge in [-0.25, -0.2) is 30.8 Å². The van der Waals surface area contributed by atoms with E-state index in [1.54, 1.807) is 0 Å². The summed E-state index contributed by atoms with van der Waals surface area (Å²) in [5.41, 5.74) is -0.0314. The number of primary sulfonamides is 1. The SMILES string of the molecule is NS(=O)(=O)c1ccc(NS(=O)(=O)c2cc(F)ccc2F)cc1. The highest BCUT2D eigenvalue weighted by Crippen LogP contribution is 2.20. The molecule has 0 saturated carbocycles. The summed E-state index contributed by atoms with van der Waals surface area (Å²) < 4.78 is 74.7. The van der Waals surface area contributed by atoms with Crippen molar-refractivity contribution in [2.45, 2.75) is 9.79 Å². The third kappa shape index (κ3) is 3.59. The molecule has 118 valence electrons. The van der Waals surface area contributed by atoms with E-state index in [-0.39, 0.29) is 10.6 Å². The molecule has 2 rings (SSSR count). The van der Waals surface area contributed by atoms with Crippen molar-refractivity contribution in [3.63, 3.8) is 0 Å². The van der Waals surface area contributed by atoms with Gasteiger partial charge in [-0.1, -0.05) is 0 Å². The van der Waals surface area contributed by atoms with Gasteiger partial charge < -0.3 is 0 Å². The fourth-order valence-corrected chi connectivity index (χ4v) is 3.27. The smallest absolute Gasteiger partial charge is 0.264 e. The average Bonchev–Trinajstić information content (AvgIpc) is 2.40. The second-order valence-electron chi connectivity index (χ2n) is 4.25. The van der Waals surface area contributed by atoms with E-state index in [2.05, 4.69) is 0 Å². The first-order valence-electron chi connectivity index (χ1n) is 5.70. The largest absolute Gasteiger partial charge is 0.280 e. The van der Waals surface area contributed by atoms with Gasteiger partial charge in [-0.3, -0.25) is 4.72 Å². The summed E-state index contributed by atoms with van der Waals surface area (Å²) >= 11 is 0. The van der Waals surface area contributed by atoms with Crippen molar-refractivity contribution in [1.82, 2.24) is 0 Å². The van der Waals surface area contributed by atoms with E-state index >= 15 is 0 Å². The van der Waals surface area contributed by atoms with E-state index in [0.29, 0.717) is 12.1 Å². The molecule has 0 amide bonds. The predicted molar refractivity (Wildman–Crippen MR) is 75.0 cm³/mol. The Hall–Kier alpha value is -2.04. The molecule has 3 N–H and O–H groups in total. The maximum absolute atomic E-state index is 13.5. The number of rotatable bonds is 4. The first kappa shape index (κ1) is 16.3. The molecule has 0 atom stereocenters. The second kappa shape index (κ2) is 5.63. The lowest BCUT2D eigenvalue weighted by Gasteiger charge is -2.09. The van der Waals surface area contributed by atoms with E-state index in [1.807, 2.05) is 4.72 Å². The van der Waals surface area contributed by atoms with Crippen molar-refractivity contribution < 1.29 is 25.6 Å². The number of nitrogens with one attached hydrogen (secondary N) is 1. The molecule has 0 fully saturated rings. The highest BCUT2D eigenvalue weighted by molar-refractivity contribution is 7.92. The lowest BCUT2D eigenvalue weighted by molar-refractivity contribution is 0.555. The molecule has 0 aliphatic heterocycles. The van der Waals surface area contributed by atoms with Crippen molar-refractivity contribution in [1.29, 1.82) is 0 Å². The number of hydrogen-bond acceptors (Lipinski definition) is 4. The lowest BCUT2D eigenvalue weighted by atomic mass is 10.3. The van der Waals surface area contributed by atoms with E-state index in [9.17, 15) is 25.6 Å². The number of hydrogen-bond donors (Lipinski definition) is 2. The maximum atomic E-state index is 13.5. The molecule has 0 aromatic heterocycles. The van der Waals surface area contributed by atoms with Crippen molar-refractivity contribution >= 4 is 25.7 Å². The Balaban J connectivity index is 2.35. The van der Waals surface area contributed by atoms with Gasteiger partial charge in [0.1, 0.15) is 16.5 Å². The van der Waals surface area contributed by atoms with Crippen LogP contribution in [0.4, 0.5) is 14.5 Å². The van der Waals surface area contributed by atoms with Gasteiger partial charge in [-0.05, 0) is 42.5 Å². The molecular weight excluding hydrogens is 338 g/mol. The van der Waals surface area contributed by atoms with Gasteiger partial charge in [-0.2, -0.15) is 0 Å². The van der Waals surface area contributed by atoms with Crippen LogP contribution in [0.1, 0.15) is 0 Å². The van der Waals surface area contributed by atoms with E-state index < -0.39 is 36.6 Å². The Morgan fingerprint density at radius 3 is 2.05 bits per heavy atom. The Morgan fingerprint density at radius 1 is 0.909 bits per heavy atom. The fraction of sp³-hybridized carbons (Fsp3) is 0. The topological polar surface area (TPSA) is 106 Å². The van der Waals surface area contributed by atoms with Crippen LogP contribution in [0.15, 0.2) is 52.3 Å². The van der Waals surface area contributed by atoms with Crippen LogP contribution < -0.4 is 9.86 Å². The predicted octanol–water partition coefficient (Wildman–Crippen LogP) is 1.41. The highest BCUT2D eigenvalue weighted by Gasteiger charge is 2.20. The molecule has 0 heterocycles. The molecule has 2 aromatic carbocycles. The number of halogens is 2. The molecular formula is C12H10F2N2O4S2. The van der Waals surface area contributed by atoms with Crippen LogP contribution in [0.25, 0.3) is 0 Å². The molecule has 0 aliphatic carbocycles. The van der Waals surface area contributed by atoms with E-state index in [4.69, 9.17) is 5.14 Å². The number of nitrogens with two attached hydrogens (primary N) is 1. The van der Waals surface area contributed by atoms with Gasteiger partial charge in [0.05, 0.1) is 4.90 Å². The van der Waals surface area contributed by atoms with Gasteiger partial charge in [-0.15, -0.1) is 0 Å². The van der Waals surface area contributed by atoms with Crippen LogP contribution in [0.3, 0.4) is 0 Å². The Bertz CT molecular complexity index is 911. The maximum Gasteiger partial charge on any atom is 0.264 e. The zero-order chi connectivity index (χ0) is 16.5. The first-order valence-corrected chi connectivity index (χ1v) is 8.73. The fourth-order valence-electron chi connectivity index (χ4n) is 1.61. The molecule has 0 radical (unpaired) electrons. The van der Waals surface area contributed by atoms with Crippen molar-refractivity contribution in [3.8, 4) is 0 Å². The Morgan fingerprint density at radius 2 is 1.50 bits per heavy atom. The summed E-state index contributed by atoms with van der Waals surface area (Å²) in [7, 11) is -8.28. The van der Waals surface area contributed by atoms with Gasteiger partial charge in [0.15, 0.2) is 0 Å². The minimum atomic E-state index is -4.36. The van der Waals surface area contributed by atoms with Gasteiger partial charge in [0.25, 0.3) is 10.0 Å². The molecule has 0 aliphatic rings. The van der Waals surface area contributed by atoms with Crippen LogP contribution in [-0.2, 0) is 20.0 Å². The molecule has 0 unspecified atom stereocenters. The summed E-state index contributed by atoms with van der Waals surface area (Å²) in [4.78, 5) is -1.07. The van der Waals surface area contributed by atoms with Crippen LogP contribution in [-0.4, -0.2) is 16.8 Å². The Kier molecular flexibility index (Phi) is 4.18. The van der Waals surface area contributed by atoms with Crippen LogP contribution in [0.2, 0.25) is 0 Å². The Labute approximate surface area is 125 Å².